The Morgan fingerprint density at radius 2 is 2.17 bits per heavy atom. The molecule has 98 valence electrons. The van der Waals surface area contributed by atoms with Gasteiger partial charge in [0.15, 0.2) is 9.84 Å². The number of rotatable bonds is 2. The Balaban J connectivity index is 2.09. The third kappa shape index (κ3) is 2.79. The van der Waals surface area contributed by atoms with Crippen LogP contribution < -0.4 is 10.9 Å². The summed E-state index contributed by atoms with van der Waals surface area (Å²) in [5, 5.41) is 2.66. The van der Waals surface area contributed by atoms with E-state index in [1.165, 1.54) is 22.9 Å². The highest BCUT2D eigenvalue weighted by Crippen LogP contribution is 2.11. The Labute approximate surface area is 105 Å². The summed E-state index contributed by atoms with van der Waals surface area (Å²) in [7, 11) is -1.45. The van der Waals surface area contributed by atoms with Crippen molar-refractivity contribution in [1.82, 2.24) is 9.88 Å². The lowest BCUT2D eigenvalue weighted by Crippen LogP contribution is -2.36. The monoisotopic (exact) mass is 270 g/mol. The highest BCUT2D eigenvalue weighted by atomic mass is 32.2. The maximum absolute atomic E-state index is 11.9. The van der Waals surface area contributed by atoms with Gasteiger partial charge < -0.3 is 9.88 Å². The van der Waals surface area contributed by atoms with Crippen LogP contribution in [0.1, 0.15) is 16.8 Å². The number of sulfone groups is 1. The van der Waals surface area contributed by atoms with Crippen LogP contribution in [0, 0.1) is 0 Å². The van der Waals surface area contributed by atoms with Crippen LogP contribution >= 0.6 is 0 Å². The molecule has 1 aliphatic heterocycles. The molecular weight excluding hydrogens is 256 g/mol. The number of aryl methyl sites for hydroxylation is 1. The maximum Gasteiger partial charge on any atom is 0.253 e. The molecule has 1 saturated heterocycles. The molecule has 1 N–H and O–H groups in total. The summed E-state index contributed by atoms with van der Waals surface area (Å²) in [6, 6.07) is 2.40. The molecule has 18 heavy (non-hydrogen) atoms. The average Bonchev–Trinajstić information content (AvgIpc) is 2.62. The number of carbonyl (C=O) groups is 1. The first kappa shape index (κ1) is 12.8. The lowest BCUT2D eigenvalue weighted by atomic mass is 10.2. The number of nitrogens with zero attached hydrogens (tertiary/aromatic N) is 1. The molecule has 0 bridgehead atoms. The summed E-state index contributed by atoms with van der Waals surface area (Å²) < 4.78 is 23.8. The molecular formula is C11H14N2O4S. The van der Waals surface area contributed by atoms with Crippen LogP contribution in [0.25, 0.3) is 0 Å². The van der Waals surface area contributed by atoms with Gasteiger partial charge in [-0.05, 0) is 12.5 Å². The minimum atomic E-state index is -3.01. The van der Waals surface area contributed by atoms with Gasteiger partial charge in [0, 0.05) is 25.4 Å². The van der Waals surface area contributed by atoms with Crippen molar-refractivity contribution in [3.8, 4) is 0 Å². The van der Waals surface area contributed by atoms with Crippen molar-refractivity contribution in [2.45, 2.75) is 12.5 Å². The van der Waals surface area contributed by atoms with Crippen molar-refractivity contribution in [2.24, 2.45) is 7.05 Å². The van der Waals surface area contributed by atoms with Crippen LogP contribution in [-0.2, 0) is 16.9 Å². The molecule has 1 aromatic rings. The molecule has 1 fully saturated rings. The van der Waals surface area contributed by atoms with Crippen LogP contribution in [-0.4, -0.2) is 36.4 Å². The highest BCUT2D eigenvalue weighted by molar-refractivity contribution is 7.91. The second-order valence-electron chi connectivity index (χ2n) is 4.44. The van der Waals surface area contributed by atoms with Gasteiger partial charge in [0.1, 0.15) is 0 Å². The van der Waals surface area contributed by atoms with Crippen LogP contribution in [0.4, 0.5) is 0 Å². The minimum Gasteiger partial charge on any atom is -0.348 e. The molecule has 6 nitrogen and oxygen atoms in total. The van der Waals surface area contributed by atoms with Crippen LogP contribution in [0.3, 0.4) is 0 Å². The molecule has 0 aliphatic carbocycles. The smallest absolute Gasteiger partial charge is 0.253 e. The molecule has 0 radical (unpaired) electrons. The lowest BCUT2D eigenvalue weighted by Gasteiger charge is -2.11. The fraction of sp³-hybridized carbons (Fsp3) is 0.455. The van der Waals surface area contributed by atoms with E-state index in [-0.39, 0.29) is 29.0 Å². The molecule has 0 saturated carbocycles. The van der Waals surface area contributed by atoms with Crippen molar-refractivity contribution in [1.29, 1.82) is 0 Å². The second kappa shape index (κ2) is 4.56. The second-order valence-corrected chi connectivity index (χ2v) is 6.67. The van der Waals surface area contributed by atoms with Crippen LogP contribution in [0.5, 0.6) is 0 Å². The summed E-state index contributed by atoms with van der Waals surface area (Å²) in [5.74, 6) is -0.247. The molecule has 2 rings (SSSR count). The number of carbonyl (C=O) groups excluding carboxylic acids is 1. The first-order chi connectivity index (χ1) is 8.37. The minimum absolute atomic E-state index is 0.00942. The number of nitrogens with one attached hydrogen (secondary N) is 1. The fourth-order valence-electron chi connectivity index (χ4n) is 1.91. The Morgan fingerprint density at radius 3 is 2.72 bits per heavy atom. The average molecular weight is 270 g/mol. The zero-order valence-electron chi connectivity index (χ0n) is 9.92. The van der Waals surface area contributed by atoms with Gasteiger partial charge in [0.2, 0.25) is 5.56 Å². The summed E-state index contributed by atoms with van der Waals surface area (Å²) in [4.78, 5) is 23.0. The summed E-state index contributed by atoms with van der Waals surface area (Å²) in [5.41, 5.74) is 0.149. The Hall–Kier alpha value is -1.63. The SMILES string of the molecule is Cn1cc(C(=O)NC2CCS(=O)(=O)C2)ccc1=O. The van der Waals surface area contributed by atoms with E-state index in [1.54, 1.807) is 7.05 Å². The van der Waals surface area contributed by atoms with Gasteiger partial charge >= 0.3 is 0 Å². The molecule has 1 unspecified atom stereocenters. The van der Waals surface area contributed by atoms with Crippen molar-refractivity contribution < 1.29 is 13.2 Å². The van der Waals surface area contributed by atoms with E-state index in [9.17, 15) is 18.0 Å². The van der Waals surface area contributed by atoms with E-state index < -0.39 is 9.84 Å². The predicted molar refractivity (Wildman–Crippen MR) is 66.2 cm³/mol. The van der Waals surface area contributed by atoms with Crippen molar-refractivity contribution >= 4 is 15.7 Å². The Bertz CT molecular complexity index is 633. The van der Waals surface area contributed by atoms with E-state index in [0.29, 0.717) is 12.0 Å². The highest BCUT2D eigenvalue weighted by Gasteiger charge is 2.29. The fourth-order valence-corrected chi connectivity index (χ4v) is 3.58. The molecule has 1 atom stereocenters. The van der Waals surface area contributed by atoms with Crippen molar-refractivity contribution in [3.05, 3.63) is 34.2 Å². The molecule has 2 heterocycles. The zero-order chi connectivity index (χ0) is 13.3. The number of aromatic nitrogens is 1. The topological polar surface area (TPSA) is 85.2 Å². The van der Waals surface area contributed by atoms with Gasteiger partial charge in [-0.25, -0.2) is 8.42 Å². The van der Waals surface area contributed by atoms with Crippen molar-refractivity contribution in [3.63, 3.8) is 0 Å². The molecule has 1 aliphatic rings. The third-order valence-corrected chi connectivity index (χ3v) is 4.68. The first-order valence-electron chi connectivity index (χ1n) is 5.55. The molecule has 1 amide bonds. The number of amides is 1. The Kier molecular flexibility index (Phi) is 3.25. The number of hydrogen-bond donors (Lipinski definition) is 1. The molecule has 1 aromatic heterocycles. The van der Waals surface area contributed by atoms with Gasteiger partial charge in [0.05, 0.1) is 17.1 Å². The van der Waals surface area contributed by atoms with Gasteiger partial charge in [-0.2, -0.15) is 0 Å². The lowest BCUT2D eigenvalue weighted by molar-refractivity contribution is 0.0940. The standard InChI is InChI=1S/C11H14N2O4S/c1-13-6-8(2-3-10(13)14)11(15)12-9-4-5-18(16,17)7-9/h2-3,6,9H,4-5,7H2,1H3,(H,12,15). The third-order valence-electron chi connectivity index (χ3n) is 2.92. The number of pyridine rings is 1. The van der Waals surface area contributed by atoms with E-state index >= 15 is 0 Å². The van der Waals surface area contributed by atoms with E-state index in [2.05, 4.69) is 5.32 Å². The quantitative estimate of drug-likeness (QED) is 0.770. The molecule has 7 heteroatoms. The largest absolute Gasteiger partial charge is 0.348 e. The summed E-state index contributed by atoms with van der Waals surface area (Å²) in [6.45, 7) is 0. The van der Waals surface area contributed by atoms with Gasteiger partial charge in [0.25, 0.3) is 5.91 Å². The van der Waals surface area contributed by atoms with Crippen LogP contribution in [0.15, 0.2) is 23.1 Å². The van der Waals surface area contributed by atoms with E-state index in [1.807, 2.05) is 0 Å². The molecule has 0 aromatic carbocycles. The van der Waals surface area contributed by atoms with Gasteiger partial charge in [-0.1, -0.05) is 0 Å². The van der Waals surface area contributed by atoms with E-state index in [0.717, 1.165) is 0 Å². The molecule has 0 spiro atoms. The zero-order valence-corrected chi connectivity index (χ0v) is 10.7. The Morgan fingerprint density at radius 1 is 1.44 bits per heavy atom. The summed E-state index contributed by atoms with van der Waals surface area (Å²) in [6.07, 6.45) is 1.88. The first-order valence-corrected chi connectivity index (χ1v) is 7.37. The predicted octanol–water partition coefficient (Wildman–Crippen LogP) is -0.698. The summed E-state index contributed by atoms with van der Waals surface area (Å²) >= 11 is 0. The van der Waals surface area contributed by atoms with Gasteiger partial charge in [-0.3, -0.25) is 9.59 Å². The maximum atomic E-state index is 11.9. The van der Waals surface area contributed by atoms with Crippen LogP contribution in [0.2, 0.25) is 0 Å². The normalized spacial score (nSPS) is 21.7. The van der Waals surface area contributed by atoms with E-state index in [4.69, 9.17) is 0 Å². The number of hydrogen-bond acceptors (Lipinski definition) is 4. The van der Waals surface area contributed by atoms with Crippen molar-refractivity contribution in [2.75, 3.05) is 11.5 Å². The van der Waals surface area contributed by atoms with Gasteiger partial charge in [-0.15, -0.1) is 0 Å².